The fraction of sp³-hybridized carbons (Fsp3) is 0.176. The van der Waals surface area contributed by atoms with Crippen molar-refractivity contribution in [1.82, 2.24) is 0 Å². The molecule has 0 spiro atoms. The minimum Gasteiger partial charge on any atom is -0.493 e. The number of hydrogen-bond donors (Lipinski definition) is 1. The zero-order valence-corrected chi connectivity index (χ0v) is 13.5. The van der Waals surface area contributed by atoms with Crippen LogP contribution in [0.15, 0.2) is 36.4 Å². The lowest BCUT2D eigenvalue weighted by Crippen LogP contribution is -2.20. The molecule has 2 aromatic carbocycles. The summed E-state index contributed by atoms with van der Waals surface area (Å²) in [6.45, 7) is 1.66. The molecule has 1 N–H and O–H groups in total. The SMILES string of the molecule is COc1ccc(C=O)cc1OCC(=O)Nc1ccc(C)c(Cl)c1. The van der Waals surface area contributed by atoms with E-state index < -0.39 is 0 Å². The van der Waals surface area contributed by atoms with E-state index in [1.165, 1.54) is 13.2 Å². The first-order chi connectivity index (χ1) is 11.0. The van der Waals surface area contributed by atoms with Crippen molar-refractivity contribution >= 4 is 29.5 Å². The molecule has 0 aromatic heterocycles. The standard InChI is InChI=1S/C17H16ClNO4/c1-11-3-5-13(8-14(11)18)19-17(21)10-23-16-7-12(9-20)4-6-15(16)22-2/h3-9H,10H2,1-2H3,(H,19,21). The number of carbonyl (C=O) groups excluding carboxylic acids is 2. The fourth-order valence-corrected chi connectivity index (χ4v) is 2.07. The minimum atomic E-state index is -0.344. The Morgan fingerprint density at radius 3 is 2.65 bits per heavy atom. The van der Waals surface area contributed by atoms with Gasteiger partial charge in [-0.15, -0.1) is 0 Å². The molecule has 23 heavy (non-hydrogen) atoms. The van der Waals surface area contributed by atoms with E-state index in [0.29, 0.717) is 34.1 Å². The van der Waals surface area contributed by atoms with Crippen molar-refractivity contribution in [2.45, 2.75) is 6.92 Å². The van der Waals surface area contributed by atoms with Crippen molar-refractivity contribution in [1.29, 1.82) is 0 Å². The van der Waals surface area contributed by atoms with E-state index in [1.54, 1.807) is 24.3 Å². The number of anilines is 1. The maximum Gasteiger partial charge on any atom is 0.262 e. The van der Waals surface area contributed by atoms with Crippen LogP contribution in [0.4, 0.5) is 5.69 Å². The number of rotatable bonds is 6. The van der Waals surface area contributed by atoms with E-state index in [1.807, 2.05) is 13.0 Å². The van der Waals surface area contributed by atoms with Crippen molar-refractivity contribution < 1.29 is 19.1 Å². The highest BCUT2D eigenvalue weighted by Crippen LogP contribution is 2.27. The van der Waals surface area contributed by atoms with Gasteiger partial charge in [0.2, 0.25) is 0 Å². The first-order valence-electron chi connectivity index (χ1n) is 6.85. The molecule has 2 rings (SSSR count). The second-order valence-electron chi connectivity index (χ2n) is 4.83. The number of benzene rings is 2. The van der Waals surface area contributed by atoms with Gasteiger partial charge in [-0.05, 0) is 42.8 Å². The molecule has 0 radical (unpaired) electrons. The summed E-state index contributed by atoms with van der Waals surface area (Å²) in [4.78, 5) is 22.8. The molecule has 0 atom stereocenters. The summed E-state index contributed by atoms with van der Waals surface area (Å²) in [5.41, 5.74) is 1.95. The molecule has 0 fully saturated rings. The minimum absolute atomic E-state index is 0.218. The normalized spacial score (nSPS) is 10.0. The largest absolute Gasteiger partial charge is 0.493 e. The Bertz CT molecular complexity index is 731. The number of hydrogen-bond acceptors (Lipinski definition) is 4. The van der Waals surface area contributed by atoms with Crippen LogP contribution in [0.1, 0.15) is 15.9 Å². The first-order valence-corrected chi connectivity index (χ1v) is 7.23. The molecule has 0 saturated heterocycles. The Morgan fingerprint density at radius 1 is 1.22 bits per heavy atom. The van der Waals surface area contributed by atoms with E-state index in [9.17, 15) is 9.59 Å². The lowest BCUT2D eigenvalue weighted by molar-refractivity contribution is -0.118. The third-order valence-electron chi connectivity index (χ3n) is 3.14. The third kappa shape index (κ3) is 4.47. The van der Waals surface area contributed by atoms with Crippen molar-refractivity contribution in [3.63, 3.8) is 0 Å². The molecule has 120 valence electrons. The van der Waals surface area contributed by atoms with Crippen molar-refractivity contribution in [2.24, 2.45) is 0 Å². The number of carbonyl (C=O) groups is 2. The molecule has 0 bridgehead atoms. The molecular weight excluding hydrogens is 318 g/mol. The van der Waals surface area contributed by atoms with Crippen molar-refractivity contribution in [3.8, 4) is 11.5 Å². The fourth-order valence-electron chi connectivity index (χ4n) is 1.89. The predicted molar refractivity (Wildman–Crippen MR) is 88.7 cm³/mol. The van der Waals surface area contributed by atoms with Crippen molar-refractivity contribution in [2.75, 3.05) is 19.0 Å². The Kier molecular flexibility index (Phi) is 5.60. The Hall–Kier alpha value is -2.53. The molecular formula is C17H16ClNO4. The van der Waals surface area contributed by atoms with E-state index in [4.69, 9.17) is 21.1 Å². The second kappa shape index (κ2) is 7.65. The number of methoxy groups -OCH3 is 1. The smallest absolute Gasteiger partial charge is 0.262 e. The van der Waals surface area contributed by atoms with Crippen LogP contribution in [0.3, 0.4) is 0 Å². The van der Waals surface area contributed by atoms with E-state index in [0.717, 1.165) is 5.56 Å². The summed E-state index contributed by atoms with van der Waals surface area (Å²) in [5, 5.41) is 3.26. The van der Waals surface area contributed by atoms with Gasteiger partial charge in [-0.2, -0.15) is 0 Å². The molecule has 0 saturated carbocycles. The number of amides is 1. The van der Waals surface area contributed by atoms with Crippen molar-refractivity contribution in [3.05, 3.63) is 52.5 Å². The summed E-state index contributed by atoms with van der Waals surface area (Å²) < 4.78 is 10.6. The summed E-state index contributed by atoms with van der Waals surface area (Å²) >= 11 is 6.01. The summed E-state index contributed by atoms with van der Waals surface area (Å²) in [6, 6.07) is 9.97. The van der Waals surface area contributed by atoms with Gasteiger partial charge in [-0.1, -0.05) is 17.7 Å². The summed E-state index contributed by atoms with van der Waals surface area (Å²) in [5.74, 6) is 0.430. The van der Waals surface area contributed by atoms with Crippen LogP contribution in [0.2, 0.25) is 5.02 Å². The lowest BCUT2D eigenvalue weighted by atomic mass is 10.2. The van der Waals surface area contributed by atoms with Gasteiger partial charge in [0.25, 0.3) is 5.91 Å². The van der Waals surface area contributed by atoms with Gasteiger partial charge in [0, 0.05) is 16.3 Å². The summed E-state index contributed by atoms with van der Waals surface area (Å²) in [6.07, 6.45) is 0.695. The zero-order chi connectivity index (χ0) is 16.8. The Labute approximate surface area is 139 Å². The van der Waals surface area contributed by atoms with E-state index >= 15 is 0 Å². The van der Waals surface area contributed by atoms with Gasteiger partial charge in [-0.3, -0.25) is 9.59 Å². The van der Waals surface area contributed by atoms with Crippen LogP contribution in [0.5, 0.6) is 11.5 Å². The molecule has 5 nitrogen and oxygen atoms in total. The van der Waals surface area contributed by atoms with E-state index in [2.05, 4.69) is 5.32 Å². The molecule has 1 amide bonds. The van der Waals surface area contributed by atoms with Gasteiger partial charge >= 0.3 is 0 Å². The van der Waals surface area contributed by atoms with Crippen LogP contribution in [0.25, 0.3) is 0 Å². The van der Waals surface area contributed by atoms with Gasteiger partial charge in [0.1, 0.15) is 6.29 Å². The number of aldehydes is 1. The third-order valence-corrected chi connectivity index (χ3v) is 3.55. The van der Waals surface area contributed by atoms with Crippen LogP contribution < -0.4 is 14.8 Å². The van der Waals surface area contributed by atoms with Crippen LogP contribution in [-0.2, 0) is 4.79 Å². The zero-order valence-electron chi connectivity index (χ0n) is 12.8. The molecule has 0 unspecified atom stereocenters. The number of ether oxygens (including phenoxy) is 2. The number of aryl methyl sites for hydroxylation is 1. The Morgan fingerprint density at radius 2 is 2.00 bits per heavy atom. The molecule has 0 aliphatic heterocycles. The highest BCUT2D eigenvalue weighted by Gasteiger charge is 2.09. The maximum absolute atomic E-state index is 11.9. The maximum atomic E-state index is 11.9. The highest BCUT2D eigenvalue weighted by atomic mass is 35.5. The molecule has 6 heteroatoms. The van der Waals surface area contributed by atoms with Gasteiger partial charge in [-0.25, -0.2) is 0 Å². The average Bonchev–Trinajstić information content (AvgIpc) is 2.56. The lowest BCUT2D eigenvalue weighted by Gasteiger charge is -2.11. The van der Waals surface area contributed by atoms with Crippen LogP contribution >= 0.6 is 11.6 Å². The molecule has 0 aliphatic rings. The van der Waals surface area contributed by atoms with Gasteiger partial charge < -0.3 is 14.8 Å². The molecule has 2 aromatic rings. The summed E-state index contributed by atoms with van der Waals surface area (Å²) in [7, 11) is 1.48. The van der Waals surface area contributed by atoms with Gasteiger partial charge in [0.05, 0.1) is 7.11 Å². The molecule has 0 aliphatic carbocycles. The predicted octanol–water partition coefficient (Wildman–Crippen LogP) is 3.49. The van der Waals surface area contributed by atoms with Crippen LogP contribution in [0, 0.1) is 6.92 Å². The van der Waals surface area contributed by atoms with Crippen LogP contribution in [-0.4, -0.2) is 25.9 Å². The quantitative estimate of drug-likeness (QED) is 0.822. The average molecular weight is 334 g/mol. The van der Waals surface area contributed by atoms with E-state index in [-0.39, 0.29) is 12.5 Å². The monoisotopic (exact) mass is 333 g/mol. The topological polar surface area (TPSA) is 64.6 Å². The second-order valence-corrected chi connectivity index (χ2v) is 5.24. The Balaban J connectivity index is 2.01. The van der Waals surface area contributed by atoms with Gasteiger partial charge in [0.15, 0.2) is 18.1 Å². The number of nitrogens with one attached hydrogen (secondary N) is 1. The molecule has 0 heterocycles. The first kappa shape index (κ1) is 16.8. The highest BCUT2D eigenvalue weighted by molar-refractivity contribution is 6.31. The number of halogens is 1.